The lowest BCUT2D eigenvalue weighted by Crippen LogP contribution is -2.28. The fourth-order valence-corrected chi connectivity index (χ4v) is 2.92. The van der Waals surface area contributed by atoms with Crippen LogP contribution in [0.1, 0.15) is 0 Å². The summed E-state index contributed by atoms with van der Waals surface area (Å²) in [6, 6.07) is 3.91. The highest BCUT2D eigenvalue weighted by Gasteiger charge is 2.58. The first-order valence-corrected chi connectivity index (χ1v) is 5.79. The molecule has 3 atom stereocenters. The molecule has 1 saturated carbocycles. The number of hydrogen-bond acceptors (Lipinski definition) is 3. The van der Waals surface area contributed by atoms with E-state index in [2.05, 4.69) is 5.16 Å². The predicted octanol–water partition coefficient (Wildman–Crippen LogP) is 1.39. The van der Waals surface area contributed by atoms with Crippen LogP contribution in [0.5, 0.6) is 0 Å². The lowest BCUT2D eigenvalue weighted by Gasteiger charge is -2.21. The van der Waals surface area contributed by atoms with E-state index in [4.69, 9.17) is 10.9 Å². The normalized spacial score (nSPS) is 30.4. The third kappa shape index (κ3) is 1.60. The Balaban J connectivity index is 1.71. The third-order valence-electron chi connectivity index (χ3n) is 3.92. The predicted molar refractivity (Wildman–Crippen MR) is 62.4 cm³/mol. The van der Waals surface area contributed by atoms with E-state index >= 15 is 0 Å². The van der Waals surface area contributed by atoms with Crippen molar-refractivity contribution in [3.63, 3.8) is 0 Å². The summed E-state index contributed by atoms with van der Waals surface area (Å²) in [5, 5.41) is 11.6. The van der Waals surface area contributed by atoms with Gasteiger partial charge < -0.3 is 15.8 Å². The molecular weight excluding hydrogens is 240 g/mol. The van der Waals surface area contributed by atoms with Gasteiger partial charge >= 0.3 is 0 Å². The monoisotopic (exact) mass is 253 g/mol. The van der Waals surface area contributed by atoms with Gasteiger partial charge in [0.1, 0.15) is 5.84 Å². The number of halogens is 2. The maximum absolute atomic E-state index is 13.1. The molecule has 1 aliphatic carbocycles. The van der Waals surface area contributed by atoms with Crippen molar-refractivity contribution in [2.24, 2.45) is 28.6 Å². The van der Waals surface area contributed by atoms with Crippen LogP contribution < -0.4 is 10.6 Å². The van der Waals surface area contributed by atoms with E-state index in [1.165, 1.54) is 6.07 Å². The molecule has 0 radical (unpaired) electrons. The molecular formula is C12H13F2N3O. The molecule has 1 heterocycles. The smallest absolute Gasteiger partial charge is 0.160 e. The number of piperidine rings is 1. The minimum Gasteiger partial charge on any atom is -0.409 e. The fourth-order valence-electron chi connectivity index (χ4n) is 2.92. The van der Waals surface area contributed by atoms with Crippen LogP contribution in [-0.4, -0.2) is 24.1 Å². The minimum absolute atomic E-state index is 0.136. The van der Waals surface area contributed by atoms with E-state index in [9.17, 15) is 8.78 Å². The van der Waals surface area contributed by atoms with Gasteiger partial charge in [-0.1, -0.05) is 5.16 Å². The number of anilines is 1. The number of hydrogen-bond donors (Lipinski definition) is 2. The van der Waals surface area contributed by atoms with Crippen molar-refractivity contribution < 1.29 is 14.0 Å². The molecule has 3 rings (SSSR count). The standard InChI is InChI=1S/C12H13F2N3O/c13-9-2-1-6(3-10(9)14)17-4-7-8(5-17)11(7)12(15)16-18/h1-3,7-8,11,18H,4-5H2,(H2,15,16)/t7-,8+,11+. The SMILES string of the molecule is N/C(=N\O)[C@H]1[C@@H]2CN(c3ccc(F)c(F)c3)C[C@@H]21. The molecule has 2 fully saturated rings. The van der Waals surface area contributed by atoms with Crippen LogP contribution in [-0.2, 0) is 0 Å². The Bertz CT molecular complexity index is 508. The Morgan fingerprint density at radius 3 is 2.50 bits per heavy atom. The number of oxime groups is 1. The second-order valence-electron chi connectivity index (χ2n) is 4.88. The zero-order valence-corrected chi connectivity index (χ0v) is 9.55. The van der Waals surface area contributed by atoms with Crippen LogP contribution in [0, 0.1) is 29.4 Å². The molecule has 1 aliphatic heterocycles. The highest BCUT2D eigenvalue weighted by Crippen LogP contribution is 2.52. The van der Waals surface area contributed by atoms with Crippen molar-refractivity contribution in [3.8, 4) is 0 Å². The van der Waals surface area contributed by atoms with E-state index < -0.39 is 11.6 Å². The molecule has 96 valence electrons. The van der Waals surface area contributed by atoms with Crippen LogP contribution >= 0.6 is 0 Å². The molecule has 0 amide bonds. The molecule has 1 saturated heterocycles. The molecule has 0 unspecified atom stereocenters. The number of fused-ring (bicyclic) bond motifs is 1. The Kier molecular flexibility index (Phi) is 2.39. The van der Waals surface area contributed by atoms with Crippen molar-refractivity contribution in [2.75, 3.05) is 18.0 Å². The van der Waals surface area contributed by atoms with Crippen molar-refractivity contribution in [1.82, 2.24) is 0 Å². The Hall–Kier alpha value is -1.85. The van der Waals surface area contributed by atoms with Crippen LogP contribution in [0.15, 0.2) is 23.4 Å². The summed E-state index contributed by atoms with van der Waals surface area (Å²) >= 11 is 0. The van der Waals surface area contributed by atoms with Gasteiger partial charge in [0.2, 0.25) is 0 Å². The van der Waals surface area contributed by atoms with E-state index in [0.29, 0.717) is 17.5 Å². The van der Waals surface area contributed by atoms with E-state index in [1.54, 1.807) is 6.07 Å². The molecule has 2 aliphatic rings. The average Bonchev–Trinajstić information content (AvgIpc) is 2.86. The topological polar surface area (TPSA) is 61.9 Å². The van der Waals surface area contributed by atoms with Gasteiger partial charge in [-0.2, -0.15) is 0 Å². The first-order chi connectivity index (χ1) is 8.61. The van der Waals surface area contributed by atoms with Crippen molar-refractivity contribution in [1.29, 1.82) is 0 Å². The lowest BCUT2D eigenvalue weighted by molar-refractivity contribution is 0.315. The first kappa shape index (κ1) is 11.3. The van der Waals surface area contributed by atoms with Gasteiger partial charge in [-0.15, -0.1) is 0 Å². The molecule has 4 nitrogen and oxygen atoms in total. The Morgan fingerprint density at radius 2 is 1.94 bits per heavy atom. The quantitative estimate of drug-likeness (QED) is 0.362. The summed E-state index contributed by atoms with van der Waals surface area (Å²) in [4.78, 5) is 2.00. The average molecular weight is 253 g/mol. The maximum Gasteiger partial charge on any atom is 0.160 e. The van der Waals surface area contributed by atoms with Gasteiger partial charge in [-0.05, 0) is 24.0 Å². The van der Waals surface area contributed by atoms with Gasteiger partial charge in [0.15, 0.2) is 11.6 Å². The fraction of sp³-hybridized carbons (Fsp3) is 0.417. The van der Waals surface area contributed by atoms with Crippen LogP contribution in [0.25, 0.3) is 0 Å². The minimum atomic E-state index is -0.836. The summed E-state index contributed by atoms with van der Waals surface area (Å²) in [5.74, 6) is -0.548. The van der Waals surface area contributed by atoms with Crippen LogP contribution in [0.4, 0.5) is 14.5 Å². The van der Waals surface area contributed by atoms with Crippen molar-refractivity contribution >= 4 is 11.5 Å². The number of nitrogens with two attached hydrogens (primary N) is 1. The van der Waals surface area contributed by atoms with Gasteiger partial charge in [0, 0.05) is 30.8 Å². The van der Waals surface area contributed by atoms with E-state index in [0.717, 1.165) is 19.2 Å². The maximum atomic E-state index is 13.1. The number of amidine groups is 1. The zero-order valence-electron chi connectivity index (χ0n) is 9.55. The molecule has 0 aromatic heterocycles. The van der Waals surface area contributed by atoms with Crippen LogP contribution in [0.3, 0.4) is 0 Å². The summed E-state index contributed by atoms with van der Waals surface area (Å²) in [6.45, 7) is 1.47. The largest absolute Gasteiger partial charge is 0.409 e. The van der Waals surface area contributed by atoms with Gasteiger partial charge in [0.05, 0.1) is 0 Å². The molecule has 1 aromatic carbocycles. The zero-order chi connectivity index (χ0) is 12.9. The van der Waals surface area contributed by atoms with E-state index in [-0.39, 0.29) is 11.8 Å². The summed E-state index contributed by atoms with van der Waals surface area (Å²) in [7, 11) is 0. The van der Waals surface area contributed by atoms with Gasteiger partial charge in [0.25, 0.3) is 0 Å². The number of nitrogens with zero attached hydrogens (tertiary/aromatic N) is 2. The second-order valence-corrected chi connectivity index (χ2v) is 4.88. The number of rotatable bonds is 2. The molecule has 1 aromatic rings. The van der Waals surface area contributed by atoms with Gasteiger partial charge in [-0.3, -0.25) is 0 Å². The van der Waals surface area contributed by atoms with Crippen LogP contribution in [0.2, 0.25) is 0 Å². The van der Waals surface area contributed by atoms with Gasteiger partial charge in [-0.25, -0.2) is 8.78 Å². The first-order valence-electron chi connectivity index (χ1n) is 5.79. The summed E-state index contributed by atoms with van der Waals surface area (Å²) < 4.78 is 26.0. The molecule has 0 bridgehead atoms. The second kappa shape index (κ2) is 3.83. The molecule has 6 heteroatoms. The molecule has 18 heavy (non-hydrogen) atoms. The Labute approximate surface area is 103 Å². The van der Waals surface area contributed by atoms with E-state index in [1.807, 2.05) is 4.90 Å². The highest BCUT2D eigenvalue weighted by molar-refractivity contribution is 5.86. The molecule has 3 N–H and O–H groups in total. The summed E-state index contributed by atoms with van der Waals surface area (Å²) in [6.07, 6.45) is 0. The highest BCUT2D eigenvalue weighted by atomic mass is 19.2. The Morgan fingerprint density at radius 1 is 1.28 bits per heavy atom. The third-order valence-corrected chi connectivity index (χ3v) is 3.92. The lowest BCUT2D eigenvalue weighted by atomic mass is 10.2. The summed E-state index contributed by atoms with van der Waals surface area (Å²) in [5.41, 5.74) is 6.25. The molecule has 0 spiro atoms. The van der Waals surface area contributed by atoms with Crippen molar-refractivity contribution in [3.05, 3.63) is 29.8 Å². The number of benzene rings is 1. The van der Waals surface area contributed by atoms with Crippen molar-refractivity contribution in [2.45, 2.75) is 0 Å².